The van der Waals surface area contributed by atoms with Crippen LogP contribution in [0.25, 0.3) is 11.0 Å². The fourth-order valence-corrected chi connectivity index (χ4v) is 1.65. The maximum atomic E-state index is 11.2. The molecule has 0 spiro atoms. The third-order valence-electron chi connectivity index (χ3n) is 2.56. The standard InChI is InChI=1S/C14H13NO5/c1-2-5-19-14(18)15-8-11-6-9-3-4-10(13(16)17)7-12(9)20-11/h2-4,6-7H,1,5,8H2,(H,15,18)(H,16,17). The van der Waals surface area contributed by atoms with E-state index >= 15 is 0 Å². The number of carboxylic acid groups (broad SMARTS) is 1. The van der Waals surface area contributed by atoms with E-state index in [9.17, 15) is 9.59 Å². The van der Waals surface area contributed by atoms with Crippen molar-refractivity contribution in [2.24, 2.45) is 0 Å². The number of alkyl carbamates (subject to hydrolysis) is 1. The van der Waals surface area contributed by atoms with Gasteiger partial charge in [-0.2, -0.15) is 0 Å². The van der Waals surface area contributed by atoms with Gasteiger partial charge >= 0.3 is 12.1 Å². The summed E-state index contributed by atoms with van der Waals surface area (Å²) >= 11 is 0. The van der Waals surface area contributed by atoms with Gasteiger partial charge in [-0.3, -0.25) is 0 Å². The second kappa shape index (κ2) is 5.92. The minimum Gasteiger partial charge on any atom is -0.478 e. The normalized spacial score (nSPS) is 10.2. The molecule has 0 saturated heterocycles. The Bertz CT molecular complexity index is 659. The summed E-state index contributed by atoms with van der Waals surface area (Å²) in [5.74, 6) is -0.505. The number of nitrogens with one attached hydrogen (secondary N) is 1. The summed E-state index contributed by atoms with van der Waals surface area (Å²) in [5.41, 5.74) is 0.609. The molecular formula is C14H13NO5. The summed E-state index contributed by atoms with van der Waals surface area (Å²) in [6.45, 7) is 3.72. The minimum absolute atomic E-state index is 0.133. The third kappa shape index (κ3) is 3.17. The van der Waals surface area contributed by atoms with Crippen molar-refractivity contribution in [1.29, 1.82) is 0 Å². The van der Waals surface area contributed by atoms with Crippen molar-refractivity contribution >= 4 is 23.0 Å². The van der Waals surface area contributed by atoms with Crippen LogP contribution in [0, 0.1) is 0 Å². The van der Waals surface area contributed by atoms with Crippen LogP contribution in [0.3, 0.4) is 0 Å². The summed E-state index contributed by atoms with van der Waals surface area (Å²) < 4.78 is 10.2. The van der Waals surface area contributed by atoms with Crippen molar-refractivity contribution in [3.05, 3.63) is 48.2 Å². The van der Waals surface area contributed by atoms with Gasteiger partial charge in [0.15, 0.2) is 0 Å². The number of furan rings is 1. The van der Waals surface area contributed by atoms with E-state index in [0.717, 1.165) is 5.39 Å². The zero-order valence-corrected chi connectivity index (χ0v) is 10.6. The lowest BCUT2D eigenvalue weighted by atomic mass is 10.2. The number of hydrogen-bond acceptors (Lipinski definition) is 4. The SMILES string of the molecule is C=CCOC(=O)NCc1cc2ccc(C(=O)O)cc2o1. The molecule has 1 aromatic carbocycles. The summed E-state index contributed by atoms with van der Waals surface area (Å²) in [4.78, 5) is 22.1. The number of carbonyl (C=O) groups is 2. The van der Waals surface area contributed by atoms with Gasteiger partial charge in [0.2, 0.25) is 0 Å². The van der Waals surface area contributed by atoms with Gasteiger partial charge in [-0.15, -0.1) is 0 Å². The van der Waals surface area contributed by atoms with Crippen molar-refractivity contribution < 1.29 is 23.8 Å². The summed E-state index contributed by atoms with van der Waals surface area (Å²) in [5, 5.41) is 12.2. The Morgan fingerprint density at radius 2 is 2.20 bits per heavy atom. The number of hydrogen-bond donors (Lipinski definition) is 2. The van der Waals surface area contributed by atoms with Crippen LogP contribution in [0.4, 0.5) is 4.79 Å². The number of rotatable bonds is 5. The maximum absolute atomic E-state index is 11.2. The van der Waals surface area contributed by atoms with E-state index in [1.807, 2.05) is 0 Å². The molecule has 6 nitrogen and oxygen atoms in total. The van der Waals surface area contributed by atoms with Crippen LogP contribution in [-0.4, -0.2) is 23.8 Å². The smallest absolute Gasteiger partial charge is 0.407 e. The molecule has 2 rings (SSSR count). The number of ether oxygens (including phenoxy) is 1. The molecular weight excluding hydrogens is 262 g/mol. The number of amides is 1. The van der Waals surface area contributed by atoms with E-state index < -0.39 is 12.1 Å². The second-order valence-electron chi connectivity index (χ2n) is 4.01. The molecule has 0 saturated carbocycles. The lowest BCUT2D eigenvalue weighted by Crippen LogP contribution is -2.23. The Hall–Kier alpha value is -2.76. The fraction of sp³-hybridized carbons (Fsp3) is 0.143. The van der Waals surface area contributed by atoms with Crippen LogP contribution >= 0.6 is 0 Å². The molecule has 0 aliphatic carbocycles. The Balaban J connectivity index is 2.06. The average molecular weight is 275 g/mol. The van der Waals surface area contributed by atoms with Crippen LogP contribution in [0.2, 0.25) is 0 Å². The van der Waals surface area contributed by atoms with Crippen molar-refractivity contribution in [2.45, 2.75) is 6.54 Å². The molecule has 0 atom stereocenters. The third-order valence-corrected chi connectivity index (χ3v) is 2.56. The molecule has 0 radical (unpaired) electrons. The number of carbonyl (C=O) groups excluding carboxylic acids is 1. The average Bonchev–Trinajstić information content (AvgIpc) is 2.84. The zero-order valence-electron chi connectivity index (χ0n) is 10.6. The minimum atomic E-state index is -1.02. The van der Waals surface area contributed by atoms with Crippen molar-refractivity contribution in [1.82, 2.24) is 5.32 Å². The highest BCUT2D eigenvalue weighted by molar-refractivity contribution is 5.92. The molecule has 6 heteroatoms. The Kier molecular flexibility index (Phi) is 4.05. The van der Waals surface area contributed by atoms with E-state index in [-0.39, 0.29) is 18.7 Å². The molecule has 0 bridgehead atoms. The molecule has 1 amide bonds. The molecule has 2 aromatic rings. The predicted molar refractivity (Wildman–Crippen MR) is 71.6 cm³/mol. The van der Waals surface area contributed by atoms with E-state index in [0.29, 0.717) is 11.3 Å². The van der Waals surface area contributed by atoms with Crippen LogP contribution < -0.4 is 5.32 Å². The van der Waals surface area contributed by atoms with Crippen LogP contribution in [0.1, 0.15) is 16.1 Å². The highest BCUT2D eigenvalue weighted by Gasteiger charge is 2.09. The molecule has 0 fully saturated rings. The van der Waals surface area contributed by atoms with Gasteiger partial charge in [-0.25, -0.2) is 9.59 Å². The summed E-state index contributed by atoms with van der Waals surface area (Å²) in [6.07, 6.45) is 0.894. The van der Waals surface area contributed by atoms with Gasteiger partial charge in [-0.1, -0.05) is 18.7 Å². The molecule has 20 heavy (non-hydrogen) atoms. The number of carboxylic acids is 1. The quantitative estimate of drug-likeness (QED) is 0.818. The first kappa shape index (κ1) is 13.7. The molecule has 1 heterocycles. The van der Waals surface area contributed by atoms with Gasteiger partial charge in [0, 0.05) is 5.39 Å². The summed E-state index contributed by atoms with van der Waals surface area (Å²) in [6, 6.07) is 6.32. The predicted octanol–water partition coefficient (Wildman–Crippen LogP) is 2.54. The summed E-state index contributed by atoms with van der Waals surface area (Å²) in [7, 11) is 0. The van der Waals surface area contributed by atoms with Crippen LogP contribution in [0.5, 0.6) is 0 Å². The molecule has 104 valence electrons. The number of fused-ring (bicyclic) bond motifs is 1. The molecule has 2 N–H and O–H groups in total. The van der Waals surface area contributed by atoms with E-state index in [1.54, 1.807) is 12.1 Å². The number of aromatic carboxylic acids is 1. The maximum Gasteiger partial charge on any atom is 0.407 e. The van der Waals surface area contributed by atoms with E-state index in [4.69, 9.17) is 14.3 Å². The monoisotopic (exact) mass is 275 g/mol. The molecule has 0 aliphatic rings. The van der Waals surface area contributed by atoms with Crippen molar-refractivity contribution in [3.8, 4) is 0 Å². The van der Waals surface area contributed by atoms with Gasteiger partial charge in [0.25, 0.3) is 0 Å². The Labute approximate surface area is 114 Å². The van der Waals surface area contributed by atoms with Gasteiger partial charge < -0.3 is 19.6 Å². The van der Waals surface area contributed by atoms with Crippen molar-refractivity contribution in [3.63, 3.8) is 0 Å². The number of benzene rings is 1. The Morgan fingerprint density at radius 1 is 1.40 bits per heavy atom. The second-order valence-corrected chi connectivity index (χ2v) is 4.01. The van der Waals surface area contributed by atoms with E-state index in [2.05, 4.69) is 11.9 Å². The first-order valence-electron chi connectivity index (χ1n) is 5.87. The van der Waals surface area contributed by atoms with Gasteiger partial charge in [-0.05, 0) is 18.2 Å². The lowest BCUT2D eigenvalue weighted by molar-refractivity contribution is 0.0697. The molecule has 0 aliphatic heterocycles. The molecule has 0 unspecified atom stereocenters. The first-order valence-corrected chi connectivity index (χ1v) is 5.87. The highest BCUT2D eigenvalue weighted by Crippen LogP contribution is 2.20. The van der Waals surface area contributed by atoms with Gasteiger partial charge in [0.1, 0.15) is 18.0 Å². The van der Waals surface area contributed by atoms with Crippen LogP contribution in [0.15, 0.2) is 41.3 Å². The highest BCUT2D eigenvalue weighted by atomic mass is 16.5. The molecule has 1 aromatic heterocycles. The van der Waals surface area contributed by atoms with E-state index in [1.165, 1.54) is 18.2 Å². The topological polar surface area (TPSA) is 88.8 Å². The van der Waals surface area contributed by atoms with Crippen LogP contribution in [-0.2, 0) is 11.3 Å². The van der Waals surface area contributed by atoms with Crippen molar-refractivity contribution in [2.75, 3.05) is 6.61 Å². The lowest BCUT2D eigenvalue weighted by Gasteiger charge is -2.02. The Morgan fingerprint density at radius 3 is 2.90 bits per heavy atom. The fourth-order valence-electron chi connectivity index (χ4n) is 1.65. The zero-order chi connectivity index (χ0) is 14.5. The van der Waals surface area contributed by atoms with Gasteiger partial charge in [0.05, 0.1) is 12.1 Å². The first-order chi connectivity index (χ1) is 9.60. The largest absolute Gasteiger partial charge is 0.478 e.